The summed E-state index contributed by atoms with van der Waals surface area (Å²) in [6.07, 6.45) is -0.216. The molecule has 6 heteroatoms. The van der Waals surface area contributed by atoms with E-state index in [1.165, 1.54) is 0 Å². The number of halogens is 1. The molecule has 0 spiro atoms. The van der Waals surface area contributed by atoms with Gasteiger partial charge in [0.15, 0.2) is 11.8 Å². The van der Waals surface area contributed by atoms with Crippen LogP contribution >= 0.6 is 0 Å². The number of carbonyl (C=O) groups is 3. The van der Waals surface area contributed by atoms with Gasteiger partial charge in [-0.1, -0.05) is 30.3 Å². The maximum absolute atomic E-state index is 12.3. The zero-order valence-electron chi connectivity index (χ0n) is 10.1. The minimum Gasteiger partial charge on any atom is -0.480 e. The van der Waals surface area contributed by atoms with Crippen LogP contribution < -0.4 is 5.32 Å². The molecule has 1 amide bonds. The van der Waals surface area contributed by atoms with E-state index in [0.29, 0.717) is 5.56 Å². The third-order valence-electron chi connectivity index (χ3n) is 2.46. The van der Waals surface area contributed by atoms with E-state index < -0.39 is 24.6 Å². The number of alkyl halides is 1. The number of rotatable bonds is 7. The van der Waals surface area contributed by atoms with Gasteiger partial charge in [0.25, 0.3) is 0 Å². The molecule has 5 nitrogen and oxygen atoms in total. The minimum absolute atomic E-state index is 0.0472. The SMILES string of the molecule is O=C(CCC(=O)c1ccccc1)NC(CF)C(=O)O. The zero-order valence-corrected chi connectivity index (χ0v) is 10.1. The van der Waals surface area contributed by atoms with Gasteiger partial charge in [-0.3, -0.25) is 9.59 Å². The van der Waals surface area contributed by atoms with Crippen LogP contribution in [0.2, 0.25) is 0 Å². The average Bonchev–Trinajstić information content (AvgIpc) is 2.42. The Morgan fingerprint density at radius 2 is 1.79 bits per heavy atom. The molecule has 0 fully saturated rings. The highest BCUT2D eigenvalue weighted by atomic mass is 19.1. The predicted molar refractivity (Wildman–Crippen MR) is 65.5 cm³/mol. The first-order valence-electron chi connectivity index (χ1n) is 5.71. The second-order valence-electron chi connectivity index (χ2n) is 3.90. The Kier molecular flexibility index (Phi) is 5.66. The Balaban J connectivity index is 2.42. The molecule has 0 heterocycles. The summed E-state index contributed by atoms with van der Waals surface area (Å²) >= 11 is 0. The molecular formula is C13H14FNO4. The molecule has 1 rings (SSSR count). The van der Waals surface area contributed by atoms with Crippen molar-refractivity contribution in [3.8, 4) is 0 Å². The Morgan fingerprint density at radius 1 is 1.16 bits per heavy atom. The number of amides is 1. The first kappa shape index (κ1) is 14.8. The van der Waals surface area contributed by atoms with Crippen molar-refractivity contribution in [1.29, 1.82) is 0 Å². The number of Topliss-reactive ketones (excluding diaryl/α,β-unsaturated/α-hetero) is 1. The van der Waals surface area contributed by atoms with Crippen LogP contribution in [0, 0.1) is 0 Å². The standard InChI is InChI=1S/C13H14FNO4/c14-8-10(13(18)19)15-12(17)7-6-11(16)9-4-2-1-3-5-9/h1-5,10H,6-8H2,(H,15,17)(H,18,19). The molecule has 1 unspecified atom stereocenters. The van der Waals surface area contributed by atoms with Gasteiger partial charge in [-0.25, -0.2) is 9.18 Å². The molecule has 19 heavy (non-hydrogen) atoms. The molecule has 1 aromatic rings. The van der Waals surface area contributed by atoms with Crippen LogP contribution in [-0.4, -0.2) is 35.5 Å². The summed E-state index contributed by atoms with van der Waals surface area (Å²) < 4.78 is 12.3. The van der Waals surface area contributed by atoms with Gasteiger partial charge >= 0.3 is 5.97 Å². The molecule has 0 radical (unpaired) electrons. The van der Waals surface area contributed by atoms with Crippen molar-refractivity contribution in [2.45, 2.75) is 18.9 Å². The lowest BCUT2D eigenvalue weighted by atomic mass is 10.1. The van der Waals surface area contributed by atoms with Crippen molar-refractivity contribution in [3.63, 3.8) is 0 Å². The van der Waals surface area contributed by atoms with Crippen LogP contribution in [0.3, 0.4) is 0 Å². The van der Waals surface area contributed by atoms with Gasteiger partial charge in [0.2, 0.25) is 5.91 Å². The second kappa shape index (κ2) is 7.25. The lowest BCUT2D eigenvalue weighted by molar-refractivity contribution is -0.142. The smallest absolute Gasteiger partial charge is 0.328 e. The summed E-state index contributed by atoms with van der Waals surface area (Å²) in [5.41, 5.74) is 0.482. The molecule has 102 valence electrons. The molecule has 0 aliphatic carbocycles. The van der Waals surface area contributed by atoms with Crippen LogP contribution in [0.15, 0.2) is 30.3 Å². The Bertz CT molecular complexity index is 461. The van der Waals surface area contributed by atoms with Crippen LogP contribution in [-0.2, 0) is 9.59 Å². The summed E-state index contributed by atoms with van der Waals surface area (Å²) in [7, 11) is 0. The molecule has 0 saturated carbocycles. The van der Waals surface area contributed by atoms with Crippen LogP contribution in [0.5, 0.6) is 0 Å². The van der Waals surface area contributed by atoms with E-state index in [1.807, 2.05) is 5.32 Å². The van der Waals surface area contributed by atoms with E-state index in [1.54, 1.807) is 30.3 Å². The fourth-order valence-electron chi connectivity index (χ4n) is 1.43. The average molecular weight is 267 g/mol. The maximum atomic E-state index is 12.3. The quantitative estimate of drug-likeness (QED) is 0.727. The summed E-state index contributed by atoms with van der Waals surface area (Å²) in [6.45, 7) is -1.19. The highest BCUT2D eigenvalue weighted by molar-refractivity contribution is 5.98. The number of carboxylic acid groups (broad SMARTS) is 1. The maximum Gasteiger partial charge on any atom is 0.328 e. The van der Waals surface area contributed by atoms with Crippen LogP contribution in [0.4, 0.5) is 4.39 Å². The first-order chi connectivity index (χ1) is 9.04. The summed E-state index contributed by atoms with van der Waals surface area (Å²) in [5, 5.41) is 10.6. The van der Waals surface area contributed by atoms with Gasteiger partial charge in [0, 0.05) is 18.4 Å². The fourth-order valence-corrected chi connectivity index (χ4v) is 1.43. The molecule has 2 N–H and O–H groups in total. The molecule has 0 aliphatic heterocycles. The Morgan fingerprint density at radius 3 is 2.32 bits per heavy atom. The highest BCUT2D eigenvalue weighted by Crippen LogP contribution is 2.05. The highest BCUT2D eigenvalue weighted by Gasteiger charge is 2.19. The van der Waals surface area contributed by atoms with E-state index >= 15 is 0 Å². The second-order valence-corrected chi connectivity index (χ2v) is 3.90. The molecule has 0 aromatic heterocycles. The fraction of sp³-hybridized carbons (Fsp3) is 0.308. The summed E-state index contributed by atoms with van der Waals surface area (Å²) in [5.74, 6) is -2.32. The number of hydrogen-bond acceptors (Lipinski definition) is 3. The van der Waals surface area contributed by atoms with Gasteiger partial charge < -0.3 is 10.4 Å². The van der Waals surface area contributed by atoms with Crippen molar-refractivity contribution in [3.05, 3.63) is 35.9 Å². The summed E-state index contributed by atoms with van der Waals surface area (Å²) in [6, 6.07) is 6.87. The number of aliphatic carboxylic acids is 1. The van der Waals surface area contributed by atoms with Gasteiger partial charge in [-0.2, -0.15) is 0 Å². The number of benzene rings is 1. The normalized spacial score (nSPS) is 11.6. The topological polar surface area (TPSA) is 83.5 Å². The zero-order chi connectivity index (χ0) is 14.3. The van der Waals surface area contributed by atoms with E-state index in [9.17, 15) is 18.8 Å². The Hall–Kier alpha value is -2.24. The van der Waals surface area contributed by atoms with Crippen LogP contribution in [0.25, 0.3) is 0 Å². The summed E-state index contributed by atoms with van der Waals surface area (Å²) in [4.78, 5) is 33.5. The molecular weight excluding hydrogens is 253 g/mol. The van der Waals surface area contributed by atoms with Gasteiger partial charge in [-0.15, -0.1) is 0 Å². The number of carbonyl (C=O) groups excluding carboxylic acids is 2. The van der Waals surface area contributed by atoms with Crippen molar-refractivity contribution in [1.82, 2.24) is 5.32 Å². The van der Waals surface area contributed by atoms with Crippen molar-refractivity contribution in [2.75, 3.05) is 6.67 Å². The first-order valence-corrected chi connectivity index (χ1v) is 5.71. The van der Waals surface area contributed by atoms with Gasteiger partial charge in [0.1, 0.15) is 6.67 Å². The third kappa shape index (κ3) is 4.87. The van der Waals surface area contributed by atoms with Gasteiger partial charge in [-0.05, 0) is 0 Å². The lowest BCUT2D eigenvalue weighted by Crippen LogP contribution is -2.42. The van der Waals surface area contributed by atoms with E-state index in [0.717, 1.165) is 0 Å². The van der Waals surface area contributed by atoms with E-state index in [4.69, 9.17) is 5.11 Å². The van der Waals surface area contributed by atoms with Crippen LogP contribution in [0.1, 0.15) is 23.2 Å². The molecule has 1 atom stereocenters. The number of hydrogen-bond donors (Lipinski definition) is 2. The van der Waals surface area contributed by atoms with Crippen molar-refractivity contribution < 1.29 is 23.9 Å². The van der Waals surface area contributed by atoms with Crippen molar-refractivity contribution >= 4 is 17.7 Å². The molecule has 1 aromatic carbocycles. The largest absolute Gasteiger partial charge is 0.480 e. The number of ketones is 1. The molecule has 0 aliphatic rings. The Labute approximate surface area is 109 Å². The number of carboxylic acids is 1. The molecule has 0 bridgehead atoms. The third-order valence-corrected chi connectivity index (χ3v) is 2.46. The van der Waals surface area contributed by atoms with E-state index in [-0.39, 0.29) is 18.6 Å². The predicted octanol–water partition coefficient (Wildman–Crippen LogP) is 1.19. The monoisotopic (exact) mass is 267 g/mol. The lowest BCUT2D eigenvalue weighted by Gasteiger charge is -2.10. The minimum atomic E-state index is -1.56. The number of nitrogens with one attached hydrogen (secondary N) is 1. The van der Waals surface area contributed by atoms with Gasteiger partial charge in [0.05, 0.1) is 0 Å². The van der Waals surface area contributed by atoms with Crippen molar-refractivity contribution in [2.24, 2.45) is 0 Å². The van der Waals surface area contributed by atoms with E-state index in [2.05, 4.69) is 0 Å². The molecule has 0 saturated heterocycles.